The fraction of sp³-hybridized carbons (Fsp3) is 0.545. The predicted octanol–water partition coefficient (Wildman–Crippen LogP) is 3.78. The van der Waals surface area contributed by atoms with Crippen molar-refractivity contribution in [2.75, 3.05) is 24.5 Å². The standard InChI is InChI=1S/C22H30N4O/c1-14(2)25-9-7-17-8-10-26(19(17)13-25)21-12-16(4)22(24-23-21)18-6-5-15(3)11-20(18)27/h5-6,11-12,14,17,19,27H,7-10,13H2,1-4H3. The number of hydrogen-bond donors (Lipinski definition) is 1. The minimum atomic E-state index is 0.265. The summed E-state index contributed by atoms with van der Waals surface area (Å²) < 4.78 is 0. The zero-order valence-electron chi connectivity index (χ0n) is 16.8. The molecule has 1 aromatic heterocycles. The number of rotatable bonds is 3. The van der Waals surface area contributed by atoms with Crippen LogP contribution in [-0.4, -0.2) is 51.9 Å². The van der Waals surface area contributed by atoms with Gasteiger partial charge in [-0.3, -0.25) is 4.90 Å². The minimum absolute atomic E-state index is 0.265. The highest BCUT2D eigenvalue weighted by Gasteiger charge is 2.39. The molecule has 0 spiro atoms. The number of likely N-dealkylation sites (tertiary alicyclic amines) is 1. The Bertz CT molecular complexity index is 835. The summed E-state index contributed by atoms with van der Waals surface area (Å²) in [6.45, 7) is 12.0. The Kier molecular flexibility index (Phi) is 4.81. The van der Waals surface area contributed by atoms with E-state index >= 15 is 0 Å². The second-order valence-corrected chi connectivity index (χ2v) is 8.44. The van der Waals surface area contributed by atoms with E-state index in [1.165, 1.54) is 19.4 Å². The van der Waals surface area contributed by atoms with E-state index < -0.39 is 0 Å². The van der Waals surface area contributed by atoms with E-state index in [4.69, 9.17) is 0 Å². The van der Waals surface area contributed by atoms with Crippen LogP contribution in [0.25, 0.3) is 11.3 Å². The van der Waals surface area contributed by atoms with E-state index in [2.05, 4.69) is 46.8 Å². The summed E-state index contributed by atoms with van der Waals surface area (Å²) in [6, 6.07) is 8.96. The number of aromatic hydroxyl groups is 1. The maximum atomic E-state index is 10.3. The third-order valence-corrected chi connectivity index (χ3v) is 6.30. The first-order valence-corrected chi connectivity index (χ1v) is 10.1. The Balaban J connectivity index is 1.61. The van der Waals surface area contributed by atoms with Crippen molar-refractivity contribution in [3.05, 3.63) is 35.4 Å². The second kappa shape index (κ2) is 7.12. The average Bonchev–Trinajstić information content (AvgIpc) is 3.05. The van der Waals surface area contributed by atoms with Crippen molar-refractivity contribution in [3.8, 4) is 17.0 Å². The van der Waals surface area contributed by atoms with Crippen molar-refractivity contribution >= 4 is 5.82 Å². The second-order valence-electron chi connectivity index (χ2n) is 8.44. The molecule has 0 amide bonds. The van der Waals surface area contributed by atoms with Crippen LogP contribution >= 0.6 is 0 Å². The highest BCUT2D eigenvalue weighted by Crippen LogP contribution is 2.36. The Morgan fingerprint density at radius 2 is 1.85 bits per heavy atom. The van der Waals surface area contributed by atoms with Gasteiger partial charge in [0, 0.05) is 30.7 Å². The van der Waals surface area contributed by atoms with Crippen LogP contribution in [0.15, 0.2) is 24.3 Å². The van der Waals surface area contributed by atoms with E-state index in [-0.39, 0.29) is 5.75 Å². The molecular weight excluding hydrogens is 336 g/mol. The largest absolute Gasteiger partial charge is 0.507 e. The van der Waals surface area contributed by atoms with Gasteiger partial charge in [0.15, 0.2) is 5.82 Å². The molecule has 0 bridgehead atoms. The number of nitrogens with zero attached hydrogens (tertiary/aromatic N) is 4. The van der Waals surface area contributed by atoms with Gasteiger partial charge in [-0.1, -0.05) is 6.07 Å². The van der Waals surface area contributed by atoms with Gasteiger partial charge in [-0.2, -0.15) is 0 Å². The van der Waals surface area contributed by atoms with Gasteiger partial charge in [0.1, 0.15) is 5.75 Å². The van der Waals surface area contributed by atoms with Gasteiger partial charge in [0.25, 0.3) is 0 Å². The lowest BCUT2D eigenvalue weighted by molar-refractivity contribution is 0.141. The Labute approximate surface area is 162 Å². The molecule has 2 aliphatic heterocycles. The summed E-state index contributed by atoms with van der Waals surface area (Å²) in [4.78, 5) is 5.04. The molecule has 0 radical (unpaired) electrons. The number of hydrogen-bond acceptors (Lipinski definition) is 5. The van der Waals surface area contributed by atoms with Crippen LogP contribution in [0.3, 0.4) is 0 Å². The number of fused-ring (bicyclic) bond motifs is 1. The van der Waals surface area contributed by atoms with Gasteiger partial charge in [-0.25, -0.2) is 0 Å². The first-order chi connectivity index (χ1) is 12.9. The number of phenolic OH excluding ortho intramolecular Hbond substituents is 1. The molecule has 1 aromatic carbocycles. The molecule has 5 heteroatoms. The number of aromatic nitrogens is 2. The van der Waals surface area contributed by atoms with Crippen LogP contribution < -0.4 is 4.90 Å². The smallest absolute Gasteiger partial charge is 0.151 e. The monoisotopic (exact) mass is 366 g/mol. The molecule has 3 heterocycles. The van der Waals surface area contributed by atoms with E-state index in [0.29, 0.717) is 12.1 Å². The van der Waals surface area contributed by atoms with E-state index in [1.54, 1.807) is 6.07 Å². The lowest BCUT2D eigenvalue weighted by atomic mass is 9.91. The van der Waals surface area contributed by atoms with Crippen molar-refractivity contribution in [1.29, 1.82) is 0 Å². The van der Waals surface area contributed by atoms with Crippen molar-refractivity contribution in [2.45, 2.75) is 52.6 Å². The molecule has 5 nitrogen and oxygen atoms in total. The van der Waals surface area contributed by atoms with Gasteiger partial charge in [-0.15, -0.1) is 10.2 Å². The molecule has 2 unspecified atom stereocenters. The first-order valence-electron chi connectivity index (χ1n) is 10.1. The van der Waals surface area contributed by atoms with E-state index in [0.717, 1.165) is 47.2 Å². The fourth-order valence-corrected chi connectivity index (χ4v) is 4.64. The number of piperidine rings is 1. The maximum absolute atomic E-state index is 10.3. The Morgan fingerprint density at radius 1 is 1.07 bits per heavy atom. The molecule has 4 rings (SSSR count). The summed E-state index contributed by atoms with van der Waals surface area (Å²) in [5, 5.41) is 19.4. The highest BCUT2D eigenvalue weighted by atomic mass is 16.3. The molecule has 2 fully saturated rings. The molecule has 144 valence electrons. The number of phenols is 1. The van der Waals surface area contributed by atoms with Crippen LogP contribution in [0.2, 0.25) is 0 Å². The summed E-state index contributed by atoms with van der Waals surface area (Å²) in [5.74, 6) is 2.00. The van der Waals surface area contributed by atoms with Crippen LogP contribution in [0.5, 0.6) is 5.75 Å². The van der Waals surface area contributed by atoms with Crippen LogP contribution in [0, 0.1) is 19.8 Å². The quantitative estimate of drug-likeness (QED) is 0.896. The predicted molar refractivity (Wildman–Crippen MR) is 109 cm³/mol. The summed E-state index contributed by atoms with van der Waals surface area (Å²) >= 11 is 0. The zero-order chi connectivity index (χ0) is 19.1. The molecule has 2 atom stereocenters. The number of benzene rings is 1. The average molecular weight is 367 g/mol. The van der Waals surface area contributed by atoms with Crippen molar-refractivity contribution in [1.82, 2.24) is 15.1 Å². The zero-order valence-corrected chi connectivity index (χ0v) is 16.8. The van der Waals surface area contributed by atoms with E-state index in [9.17, 15) is 5.11 Å². The first kappa shape index (κ1) is 18.2. The van der Waals surface area contributed by atoms with Crippen molar-refractivity contribution < 1.29 is 5.11 Å². The topological polar surface area (TPSA) is 52.5 Å². The lowest BCUT2D eigenvalue weighted by Gasteiger charge is -2.40. The van der Waals surface area contributed by atoms with Crippen LogP contribution in [0.1, 0.15) is 37.8 Å². The molecule has 1 N–H and O–H groups in total. The summed E-state index contributed by atoms with van der Waals surface area (Å²) in [6.07, 6.45) is 2.53. The van der Waals surface area contributed by atoms with Gasteiger partial charge in [-0.05, 0) is 82.3 Å². The summed E-state index contributed by atoms with van der Waals surface area (Å²) in [7, 11) is 0. The molecule has 2 aromatic rings. The van der Waals surface area contributed by atoms with Gasteiger partial charge in [0.05, 0.1) is 5.69 Å². The van der Waals surface area contributed by atoms with Crippen LogP contribution in [0.4, 0.5) is 5.82 Å². The van der Waals surface area contributed by atoms with Crippen molar-refractivity contribution in [2.24, 2.45) is 5.92 Å². The van der Waals surface area contributed by atoms with Gasteiger partial charge in [0.2, 0.25) is 0 Å². The molecule has 2 aliphatic rings. The molecule has 0 aliphatic carbocycles. The molecule has 27 heavy (non-hydrogen) atoms. The third kappa shape index (κ3) is 3.41. The highest BCUT2D eigenvalue weighted by molar-refractivity contribution is 5.70. The third-order valence-electron chi connectivity index (χ3n) is 6.30. The number of aryl methyl sites for hydroxylation is 2. The normalized spacial score (nSPS) is 23.1. The number of anilines is 1. The molecule has 2 saturated heterocycles. The van der Waals surface area contributed by atoms with Gasteiger partial charge >= 0.3 is 0 Å². The summed E-state index contributed by atoms with van der Waals surface area (Å²) in [5.41, 5.74) is 3.60. The van der Waals surface area contributed by atoms with Crippen LogP contribution in [-0.2, 0) is 0 Å². The fourth-order valence-electron chi connectivity index (χ4n) is 4.64. The van der Waals surface area contributed by atoms with Gasteiger partial charge < -0.3 is 10.0 Å². The van der Waals surface area contributed by atoms with E-state index in [1.807, 2.05) is 19.1 Å². The molecule has 0 saturated carbocycles. The Morgan fingerprint density at radius 3 is 2.56 bits per heavy atom. The lowest BCUT2D eigenvalue weighted by Crippen LogP contribution is -2.50. The maximum Gasteiger partial charge on any atom is 0.151 e. The Hall–Kier alpha value is -2.14. The van der Waals surface area contributed by atoms with Crippen molar-refractivity contribution in [3.63, 3.8) is 0 Å². The SMILES string of the molecule is Cc1ccc(-c2nnc(N3CCC4CCN(C(C)C)CC43)cc2C)c(O)c1. The molecular formula is C22H30N4O. The minimum Gasteiger partial charge on any atom is -0.507 e.